The number of carboxylic acid groups (broad SMARTS) is 1. The zero-order valence-electron chi connectivity index (χ0n) is 10.4. The van der Waals surface area contributed by atoms with Crippen molar-refractivity contribution in [3.63, 3.8) is 0 Å². The highest BCUT2D eigenvalue weighted by atomic mass is 16.5. The van der Waals surface area contributed by atoms with Gasteiger partial charge in [0.1, 0.15) is 0 Å². The molecule has 2 unspecified atom stereocenters. The van der Waals surface area contributed by atoms with Gasteiger partial charge in [-0.2, -0.15) is 0 Å². The molecule has 1 aliphatic carbocycles. The van der Waals surface area contributed by atoms with Gasteiger partial charge in [-0.05, 0) is 32.1 Å². The van der Waals surface area contributed by atoms with Crippen LogP contribution in [0.1, 0.15) is 46.3 Å². The van der Waals surface area contributed by atoms with Crippen molar-refractivity contribution in [3.8, 4) is 0 Å². The van der Waals surface area contributed by atoms with Crippen molar-refractivity contribution < 1.29 is 21.1 Å². The van der Waals surface area contributed by atoms with Crippen LogP contribution in [0.15, 0.2) is 0 Å². The summed E-state index contributed by atoms with van der Waals surface area (Å²) in [6, 6.07) is 0. The van der Waals surface area contributed by atoms with Gasteiger partial charge in [0, 0.05) is 12.5 Å². The summed E-state index contributed by atoms with van der Waals surface area (Å²) in [5.74, 6) is -1.66. The fourth-order valence-corrected chi connectivity index (χ4v) is 2.82. The molecule has 0 amide bonds. The summed E-state index contributed by atoms with van der Waals surface area (Å²) in [5.41, 5.74) is -2.05. The molecule has 2 atom stereocenters. The van der Waals surface area contributed by atoms with Crippen molar-refractivity contribution in [1.29, 1.82) is 0 Å². The molecular weight excluding hydrogens is 208 g/mol. The van der Waals surface area contributed by atoms with Crippen LogP contribution in [0.2, 0.25) is 0 Å². The summed E-state index contributed by atoms with van der Waals surface area (Å²) < 4.78 is 13.6. The first kappa shape index (κ1) is 10.5. The van der Waals surface area contributed by atoms with Crippen molar-refractivity contribution in [2.75, 3.05) is 6.61 Å². The van der Waals surface area contributed by atoms with E-state index in [1.54, 1.807) is 0 Å². The highest BCUT2D eigenvalue weighted by molar-refractivity contribution is 5.78. The van der Waals surface area contributed by atoms with Gasteiger partial charge in [0.05, 0.1) is 7.45 Å². The molecule has 4 nitrogen and oxygen atoms in total. The number of carbonyl (C=O) groups is 1. The van der Waals surface area contributed by atoms with Crippen LogP contribution in [-0.2, 0) is 9.53 Å². The van der Waals surface area contributed by atoms with Gasteiger partial charge in [0.15, 0.2) is 5.60 Å². The van der Waals surface area contributed by atoms with E-state index in [0.29, 0.717) is 25.9 Å². The first-order chi connectivity index (χ1) is 8.01. The molecule has 0 spiro atoms. The van der Waals surface area contributed by atoms with Crippen LogP contribution in [0.25, 0.3) is 0 Å². The van der Waals surface area contributed by atoms with E-state index in [0.717, 1.165) is 25.7 Å². The summed E-state index contributed by atoms with van der Waals surface area (Å²) in [7, 11) is 0. The third-order valence-electron chi connectivity index (χ3n) is 3.77. The summed E-state index contributed by atoms with van der Waals surface area (Å²) in [6.45, 7) is 0.367. The largest absolute Gasteiger partial charge is 0.479 e. The Labute approximate surface area is 97.0 Å². The number of aliphatic carboxylic acids is 1. The van der Waals surface area contributed by atoms with Gasteiger partial charge in [-0.3, -0.25) is 0 Å². The van der Waals surface area contributed by atoms with Crippen LogP contribution < -0.4 is 0 Å². The Kier molecular flexibility index (Phi) is 3.11. The summed E-state index contributed by atoms with van der Waals surface area (Å²) in [5, 5.41) is 19.9. The predicted molar refractivity (Wildman–Crippen MR) is 58.1 cm³/mol. The molecule has 2 aliphatic rings. The normalized spacial score (nSPS) is 36.7. The van der Waals surface area contributed by atoms with Crippen LogP contribution in [0.3, 0.4) is 0 Å². The van der Waals surface area contributed by atoms with E-state index in [1.165, 1.54) is 0 Å². The molecule has 0 bridgehead atoms. The minimum Gasteiger partial charge on any atom is -0.479 e. The molecule has 1 heterocycles. The molecule has 1 saturated heterocycles. The van der Waals surface area contributed by atoms with E-state index in [9.17, 15) is 15.0 Å². The molecule has 2 N–H and O–H groups in total. The second-order valence-corrected chi connectivity index (χ2v) is 4.78. The standard InChI is InChI=1S/C12H20O4/c13-11(14)12(15,9-5-1-2-6-9)10-7-3-4-8-16-10/h9-10,15H,1-8H2,(H,13,14)/i10D. The van der Waals surface area contributed by atoms with Crippen LogP contribution >= 0.6 is 0 Å². The van der Waals surface area contributed by atoms with Gasteiger partial charge in [0.25, 0.3) is 0 Å². The van der Waals surface area contributed by atoms with Gasteiger partial charge in [-0.1, -0.05) is 12.8 Å². The SMILES string of the molecule is [2H]C1(C(O)(C(=O)O)C2CCCC2)CCCCO1. The van der Waals surface area contributed by atoms with Crippen molar-refractivity contribution in [1.82, 2.24) is 0 Å². The zero-order valence-corrected chi connectivity index (χ0v) is 9.45. The monoisotopic (exact) mass is 229 g/mol. The fourth-order valence-electron chi connectivity index (χ4n) is 2.82. The molecule has 1 saturated carbocycles. The van der Waals surface area contributed by atoms with Gasteiger partial charge in [-0.15, -0.1) is 0 Å². The Bertz CT molecular complexity index is 295. The van der Waals surface area contributed by atoms with Crippen molar-refractivity contribution in [2.24, 2.45) is 5.92 Å². The van der Waals surface area contributed by atoms with Crippen molar-refractivity contribution >= 4 is 5.97 Å². The molecule has 0 radical (unpaired) electrons. The lowest BCUT2D eigenvalue weighted by Gasteiger charge is -2.38. The number of hydrogen-bond acceptors (Lipinski definition) is 3. The number of ether oxygens (including phenoxy) is 1. The van der Waals surface area contributed by atoms with Crippen LogP contribution in [0, 0.1) is 5.92 Å². The molecule has 2 fully saturated rings. The molecule has 2 rings (SSSR count). The Morgan fingerprint density at radius 3 is 2.38 bits per heavy atom. The number of hydrogen-bond donors (Lipinski definition) is 2. The summed E-state index contributed by atoms with van der Waals surface area (Å²) in [4.78, 5) is 11.5. The molecule has 4 heteroatoms. The minimum absolute atomic E-state index is 0.298. The third-order valence-corrected chi connectivity index (χ3v) is 3.77. The second kappa shape index (κ2) is 4.72. The molecular formula is C12H20O4. The predicted octanol–water partition coefficient (Wildman–Crippen LogP) is 1.56. The first-order valence-corrected chi connectivity index (χ1v) is 6.10. The highest BCUT2D eigenvalue weighted by Gasteiger charge is 2.52. The maximum Gasteiger partial charge on any atom is 0.338 e. The molecule has 0 aromatic rings. The smallest absolute Gasteiger partial charge is 0.338 e. The molecule has 92 valence electrons. The Balaban J connectivity index is 2.28. The molecule has 1 aliphatic heterocycles. The van der Waals surface area contributed by atoms with Crippen molar-refractivity contribution in [2.45, 2.75) is 56.6 Å². The lowest BCUT2D eigenvalue weighted by atomic mass is 9.79. The van der Waals surface area contributed by atoms with E-state index in [-0.39, 0.29) is 5.92 Å². The third kappa shape index (κ3) is 1.96. The summed E-state index contributed by atoms with van der Waals surface area (Å²) in [6.07, 6.45) is 3.40. The second-order valence-electron chi connectivity index (χ2n) is 4.78. The van der Waals surface area contributed by atoms with Crippen LogP contribution in [0.4, 0.5) is 0 Å². The minimum atomic E-state index is -2.05. The molecule has 16 heavy (non-hydrogen) atoms. The van der Waals surface area contributed by atoms with E-state index in [4.69, 9.17) is 6.11 Å². The maximum absolute atomic E-state index is 11.5. The number of aliphatic hydroxyl groups is 1. The zero-order chi connectivity index (χ0) is 12.5. The summed E-state index contributed by atoms with van der Waals surface area (Å²) >= 11 is 0. The van der Waals surface area contributed by atoms with Gasteiger partial charge in [0.2, 0.25) is 0 Å². The molecule has 0 aromatic heterocycles. The lowest BCUT2D eigenvalue weighted by Crippen LogP contribution is -2.56. The Hall–Kier alpha value is -0.610. The van der Waals surface area contributed by atoms with Gasteiger partial charge >= 0.3 is 5.97 Å². The average molecular weight is 229 g/mol. The van der Waals surface area contributed by atoms with E-state index < -0.39 is 17.7 Å². The van der Waals surface area contributed by atoms with Gasteiger partial charge in [-0.25, -0.2) is 4.79 Å². The number of rotatable bonds is 3. The first-order valence-electron chi connectivity index (χ1n) is 6.60. The Morgan fingerprint density at radius 2 is 1.88 bits per heavy atom. The van der Waals surface area contributed by atoms with Gasteiger partial charge < -0.3 is 14.9 Å². The Morgan fingerprint density at radius 1 is 1.25 bits per heavy atom. The van der Waals surface area contributed by atoms with E-state index >= 15 is 0 Å². The maximum atomic E-state index is 11.5. The van der Waals surface area contributed by atoms with E-state index in [2.05, 4.69) is 0 Å². The quantitative estimate of drug-likeness (QED) is 0.770. The van der Waals surface area contributed by atoms with E-state index in [1.807, 2.05) is 0 Å². The lowest BCUT2D eigenvalue weighted by molar-refractivity contribution is -0.193. The van der Waals surface area contributed by atoms with Crippen molar-refractivity contribution in [3.05, 3.63) is 0 Å². The highest BCUT2D eigenvalue weighted by Crippen LogP contribution is 2.39. The van der Waals surface area contributed by atoms with Crippen LogP contribution in [-0.4, -0.2) is 34.5 Å². The average Bonchev–Trinajstić information content (AvgIpc) is 2.82. The molecule has 0 aromatic carbocycles. The van der Waals surface area contributed by atoms with Crippen LogP contribution in [0.5, 0.6) is 0 Å². The number of carboxylic acids is 1. The fraction of sp³-hybridized carbons (Fsp3) is 0.917. The topological polar surface area (TPSA) is 66.8 Å².